The Morgan fingerprint density at radius 2 is 1.08 bits per heavy atom. The van der Waals surface area contributed by atoms with Crippen molar-refractivity contribution in [2.45, 2.75) is 12.8 Å². The Hall–Kier alpha value is -1.83. The van der Waals surface area contributed by atoms with Gasteiger partial charge in [0.25, 0.3) is 10.1 Å². The lowest BCUT2D eigenvalue weighted by molar-refractivity contribution is 0.0682. The molecule has 0 aliphatic heterocycles. The Bertz CT molecular complexity index is 638. The van der Waals surface area contributed by atoms with Crippen molar-refractivity contribution in [1.29, 1.82) is 0 Å². The maximum Gasteiger partial charge on any atom is 0.341 e. The molecule has 1 aromatic carbocycles. The van der Waals surface area contributed by atoms with Crippen molar-refractivity contribution < 1.29 is 55.0 Å². The predicted molar refractivity (Wildman–Crippen MR) is 74.1 cm³/mol. The number of halogens is 5. The van der Waals surface area contributed by atoms with E-state index in [0.717, 1.165) is 12.8 Å². The molecule has 0 aliphatic carbocycles. The summed E-state index contributed by atoms with van der Waals surface area (Å²) in [6.07, 6.45) is 2.15. The number of hydrogen-bond donors (Lipinski definition) is 4. The molecule has 4 N–H and O–H groups in total. The molecule has 0 aliphatic rings. The largest absolute Gasteiger partial charge is 0.477 e. The van der Waals surface area contributed by atoms with Crippen molar-refractivity contribution in [3.05, 3.63) is 34.6 Å². The van der Waals surface area contributed by atoms with Crippen LogP contribution in [-0.4, -0.2) is 53.7 Å². The van der Waals surface area contributed by atoms with Gasteiger partial charge in [0.15, 0.2) is 23.3 Å². The smallest absolute Gasteiger partial charge is 0.341 e. The monoisotopic (exact) mass is 398 g/mol. The molecular formula is C12H15F5O7S. The summed E-state index contributed by atoms with van der Waals surface area (Å²) in [6, 6.07) is 0. The van der Waals surface area contributed by atoms with E-state index >= 15 is 0 Å². The fourth-order valence-electron chi connectivity index (χ4n) is 1.02. The Kier molecular flexibility index (Phi) is 11.9. The first-order chi connectivity index (χ1) is 11.3. The highest BCUT2D eigenvalue weighted by molar-refractivity contribution is 7.85. The van der Waals surface area contributed by atoms with E-state index in [1.54, 1.807) is 0 Å². The summed E-state index contributed by atoms with van der Waals surface area (Å²) >= 11 is 0. The molecule has 0 heterocycles. The third-order valence-electron chi connectivity index (χ3n) is 1.99. The van der Waals surface area contributed by atoms with E-state index in [1.165, 1.54) is 0 Å². The number of hydrogen-bond acceptors (Lipinski definition) is 5. The normalized spacial score (nSPS) is 10.3. The summed E-state index contributed by atoms with van der Waals surface area (Å²) in [5.74, 6) is -13.9. The molecule has 1 rings (SSSR count). The summed E-state index contributed by atoms with van der Waals surface area (Å²) in [5.41, 5.74) is -1.86. The number of aliphatic hydroxyl groups excluding tert-OH is 2. The van der Waals surface area contributed by atoms with Gasteiger partial charge in [-0.2, -0.15) is 8.42 Å². The maximum atomic E-state index is 12.6. The van der Waals surface area contributed by atoms with E-state index in [-0.39, 0.29) is 13.2 Å². The average Bonchev–Trinajstić information content (AvgIpc) is 2.48. The summed E-state index contributed by atoms with van der Waals surface area (Å²) in [6.45, 7) is 0.390. The first-order valence-electron chi connectivity index (χ1n) is 6.18. The van der Waals surface area contributed by atoms with Gasteiger partial charge in [0.2, 0.25) is 5.82 Å². The highest BCUT2D eigenvalue weighted by atomic mass is 32.2. The molecule has 0 spiro atoms. The highest BCUT2D eigenvalue weighted by Gasteiger charge is 2.29. The minimum absolute atomic E-state index is 0.195. The fourth-order valence-corrected chi connectivity index (χ4v) is 1.02. The van der Waals surface area contributed by atoms with Crippen LogP contribution in [0.3, 0.4) is 0 Å². The lowest BCUT2D eigenvalue weighted by Gasteiger charge is -2.03. The third kappa shape index (κ3) is 10.6. The number of benzene rings is 1. The number of carbonyl (C=O) groups is 1. The second kappa shape index (κ2) is 11.7. The van der Waals surface area contributed by atoms with Crippen LogP contribution >= 0.6 is 0 Å². The summed E-state index contributed by atoms with van der Waals surface area (Å²) in [4.78, 5) is 10.1. The molecule has 13 heteroatoms. The number of aromatic carboxylic acids is 1. The van der Waals surface area contributed by atoms with Gasteiger partial charge in [-0.15, -0.1) is 0 Å². The molecule has 0 unspecified atom stereocenters. The highest BCUT2D eigenvalue weighted by Crippen LogP contribution is 2.22. The zero-order chi connectivity index (χ0) is 20.4. The fraction of sp³-hybridized carbons (Fsp3) is 0.417. The van der Waals surface area contributed by atoms with Gasteiger partial charge in [0, 0.05) is 13.2 Å². The molecule has 0 bridgehead atoms. The van der Waals surface area contributed by atoms with E-state index in [1.807, 2.05) is 0 Å². The van der Waals surface area contributed by atoms with Crippen LogP contribution in [-0.2, 0) is 10.1 Å². The lowest BCUT2D eigenvalue weighted by atomic mass is 10.1. The van der Waals surface area contributed by atoms with Crippen LogP contribution in [0.2, 0.25) is 0 Å². The molecule has 0 radical (unpaired) electrons. The standard InChI is InChI=1S/C7HF5O2.C4H10O2.CH4O3S/c8-2-1(7(13)14)3(9)5(11)6(12)4(2)10;5-3-1-2-4-6;1-5(2,3)4/h(H,13,14);5-6H,1-4H2;1H3,(H,2,3,4). The van der Waals surface area contributed by atoms with Crippen LogP contribution in [0.25, 0.3) is 0 Å². The summed E-state index contributed by atoms with van der Waals surface area (Å²) in [7, 11) is -3.67. The molecule has 0 atom stereocenters. The average molecular weight is 398 g/mol. The number of unbranched alkanes of at least 4 members (excludes halogenated alkanes) is 1. The number of carboxylic acids is 1. The topological polar surface area (TPSA) is 132 Å². The summed E-state index contributed by atoms with van der Waals surface area (Å²) < 4.78 is 88.0. The van der Waals surface area contributed by atoms with Crippen LogP contribution in [0.5, 0.6) is 0 Å². The molecule has 0 saturated carbocycles. The zero-order valence-electron chi connectivity index (χ0n) is 12.6. The molecule has 0 aromatic heterocycles. The van der Waals surface area contributed by atoms with Crippen molar-refractivity contribution in [2.24, 2.45) is 0 Å². The number of rotatable bonds is 4. The van der Waals surface area contributed by atoms with Gasteiger partial charge in [0.1, 0.15) is 5.56 Å². The molecule has 7 nitrogen and oxygen atoms in total. The van der Waals surface area contributed by atoms with Crippen LogP contribution in [0.15, 0.2) is 0 Å². The van der Waals surface area contributed by atoms with Gasteiger partial charge >= 0.3 is 5.97 Å². The Balaban J connectivity index is 0. The van der Waals surface area contributed by atoms with Crippen LogP contribution < -0.4 is 0 Å². The van der Waals surface area contributed by atoms with E-state index < -0.39 is 50.7 Å². The number of carboxylic acid groups (broad SMARTS) is 1. The van der Waals surface area contributed by atoms with Crippen molar-refractivity contribution in [1.82, 2.24) is 0 Å². The Morgan fingerprint density at radius 3 is 1.28 bits per heavy atom. The lowest BCUT2D eigenvalue weighted by Crippen LogP contribution is -2.11. The quantitative estimate of drug-likeness (QED) is 0.198. The molecule has 146 valence electrons. The second-order valence-electron chi connectivity index (χ2n) is 4.14. The minimum Gasteiger partial charge on any atom is -0.477 e. The van der Waals surface area contributed by atoms with Crippen molar-refractivity contribution in [2.75, 3.05) is 19.5 Å². The van der Waals surface area contributed by atoms with Gasteiger partial charge < -0.3 is 15.3 Å². The van der Waals surface area contributed by atoms with Gasteiger partial charge in [-0.25, -0.2) is 26.7 Å². The first-order valence-corrected chi connectivity index (χ1v) is 8.03. The Labute approximate surface area is 139 Å². The second-order valence-corrected chi connectivity index (χ2v) is 5.60. The first kappa shape index (κ1) is 25.4. The van der Waals surface area contributed by atoms with Crippen molar-refractivity contribution in [3.8, 4) is 0 Å². The van der Waals surface area contributed by atoms with E-state index in [2.05, 4.69) is 0 Å². The molecule has 0 amide bonds. The molecule has 0 saturated heterocycles. The molecular weight excluding hydrogens is 383 g/mol. The SMILES string of the molecule is CS(=O)(=O)O.O=C(O)c1c(F)c(F)c(F)c(F)c1F.OCCCCO. The van der Waals surface area contributed by atoms with E-state index in [0.29, 0.717) is 6.26 Å². The van der Waals surface area contributed by atoms with Crippen LogP contribution in [0, 0.1) is 29.1 Å². The molecule has 25 heavy (non-hydrogen) atoms. The van der Waals surface area contributed by atoms with Crippen LogP contribution in [0.1, 0.15) is 23.2 Å². The van der Waals surface area contributed by atoms with Gasteiger partial charge in [-0.1, -0.05) is 0 Å². The van der Waals surface area contributed by atoms with E-state index in [9.17, 15) is 35.2 Å². The Morgan fingerprint density at radius 1 is 0.840 bits per heavy atom. The number of aliphatic hydroxyl groups is 2. The van der Waals surface area contributed by atoms with Gasteiger partial charge in [0.05, 0.1) is 6.26 Å². The van der Waals surface area contributed by atoms with E-state index in [4.69, 9.17) is 19.9 Å². The van der Waals surface area contributed by atoms with Gasteiger partial charge in [-0.05, 0) is 12.8 Å². The van der Waals surface area contributed by atoms with Crippen molar-refractivity contribution in [3.63, 3.8) is 0 Å². The minimum atomic E-state index is -3.67. The predicted octanol–water partition coefficient (Wildman–Crippen LogP) is 1.34. The molecule has 1 aromatic rings. The van der Waals surface area contributed by atoms with Crippen molar-refractivity contribution >= 4 is 16.1 Å². The molecule has 0 fully saturated rings. The third-order valence-corrected chi connectivity index (χ3v) is 1.99. The van der Waals surface area contributed by atoms with Crippen LogP contribution in [0.4, 0.5) is 22.0 Å². The zero-order valence-corrected chi connectivity index (χ0v) is 13.5. The van der Waals surface area contributed by atoms with Gasteiger partial charge in [-0.3, -0.25) is 4.55 Å². The summed E-state index contributed by atoms with van der Waals surface area (Å²) in [5, 5.41) is 24.3. The maximum absolute atomic E-state index is 12.6.